The average molecular weight is 277 g/mol. The number of Topliss-reactive ketones (excluding diaryl/α,β-unsaturated/α-hetero) is 1. The molecule has 1 aromatic rings. The molecule has 6 heteroatoms. The second-order valence-corrected chi connectivity index (χ2v) is 4.35. The molecular formula is C14H15NO5. The minimum atomic E-state index is -1.36. The van der Waals surface area contributed by atoms with Crippen LogP contribution in [0.25, 0.3) is 0 Å². The fourth-order valence-electron chi connectivity index (χ4n) is 1.92. The molecule has 1 heterocycles. The van der Waals surface area contributed by atoms with E-state index in [0.29, 0.717) is 5.56 Å². The van der Waals surface area contributed by atoms with Crippen molar-refractivity contribution in [2.75, 3.05) is 6.61 Å². The molecule has 2 rings (SSSR count). The quantitative estimate of drug-likeness (QED) is 0.882. The molecule has 0 aromatic heterocycles. The summed E-state index contributed by atoms with van der Waals surface area (Å²) in [6.07, 6.45) is -0.792. The summed E-state index contributed by atoms with van der Waals surface area (Å²) in [5.41, 5.74) is -0.780. The highest BCUT2D eigenvalue weighted by Crippen LogP contribution is 2.36. The van der Waals surface area contributed by atoms with Crippen LogP contribution < -0.4 is 5.32 Å². The van der Waals surface area contributed by atoms with E-state index < -0.39 is 23.2 Å². The van der Waals surface area contributed by atoms with E-state index in [9.17, 15) is 14.7 Å². The first-order valence-corrected chi connectivity index (χ1v) is 6.15. The topological polar surface area (TPSA) is 84.9 Å². The molecule has 0 fully saturated rings. The van der Waals surface area contributed by atoms with Gasteiger partial charge >= 0.3 is 6.09 Å². The van der Waals surface area contributed by atoms with Gasteiger partial charge in [0.2, 0.25) is 11.6 Å². The molecule has 1 amide bonds. The monoisotopic (exact) mass is 277 g/mol. The molecule has 1 unspecified atom stereocenters. The summed E-state index contributed by atoms with van der Waals surface area (Å²) in [5.74, 6) is -1.53. The van der Waals surface area contributed by atoms with Gasteiger partial charge < -0.3 is 14.6 Å². The largest absolute Gasteiger partial charge is 0.501 e. The molecular weight excluding hydrogens is 262 g/mol. The number of nitrogens with one attached hydrogen (secondary N) is 1. The third kappa shape index (κ3) is 2.32. The minimum Gasteiger partial charge on any atom is -0.501 e. The number of hydrogen-bond donors (Lipinski definition) is 2. The fraction of sp³-hybridized carbons (Fsp3) is 0.286. The van der Waals surface area contributed by atoms with Crippen LogP contribution in [-0.2, 0) is 19.9 Å². The van der Waals surface area contributed by atoms with Crippen LogP contribution in [0.4, 0.5) is 4.79 Å². The van der Waals surface area contributed by atoms with Crippen molar-refractivity contribution in [3.05, 3.63) is 47.5 Å². The number of carbonyl (C=O) groups is 2. The van der Waals surface area contributed by atoms with E-state index in [-0.39, 0.29) is 12.5 Å². The van der Waals surface area contributed by atoms with E-state index >= 15 is 0 Å². The second kappa shape index (κ2) is 5.24. The zero-order valence-electron chi connectivity index (χ0n) is 11.2. The van der Waals surface area contributed by atoms with E-state index in [1.54, 1.807) is 37.3 Å². The van der Waals surface area contributed by atoms with Crippen molar-refractivity contribution >= 4 is 11.9 Å². The van der Waals surface area contributed by atoms with Gasteiger partial charge in [-0.15, -0.1) is 0 Å². The SMILES string of the molecule is CCOC(=O)NC1=C(O)C(=O)C(C)(c2ccccc2)O1. The van der Waals surface area contributed by atoms with Crippen molar-refractivity contribution in [1.82, 2.24) is 5.32 Å². The molecule has 0 saturated carbocycles. The van der Waals surface area contributed by atoms with Crippen LogP contribution in [0.3, 0.4) is 0 Å². The molecule has 1 atom stereocenters. The maximum Gasteiger partial charge on any atom is 0.414 e. The number of aliphatic hydroxyl groups excluding tert-OH is 1. The Bertz CT molecular complexity index is 566. The molecule has 2 N–H and O–H groups in total. The van der Waals surface area contributed by atoms with Gasteiger partial charge in [0.05, 0.1) is 6.61 Å². The van der Waals surface area contributed by atoms with Gasteiger partial charge in [-0.05, 0) is 13.8 Å². The van der Waals surface area contributed by atoms with Crippen molar-refractivity contribution < 1.29 is 24.2 Å². The first-order valence-electron chi connectivity index (χ1n) is 6.15. The molecule has 1 aromatic carbocycles. The number of amides is 1. The molecule has 1 aliphatic heterocycles. The zero-order chi connectivity index (χ0) is 14.8. The maximum absolute atomic E-state index is 12.2. The Hall–Kier alpha value is -2.50. The number of ketones is 1. The van der Waals surface area contributed by atoms with Crippen LogP contribution in [-0.4, -0.2) is 23.6 Å². The number of carbonyl (C=O) groups excluding carboxylic acids is 2. The van der Waals surface area contributed by atoms with Crippen LogP contribution >= 0.6 is 0 Å². The first-order chi connectivity index (χ1) is 9.49. The van der Waals surface area contributed by atoms with Gasteiger partial charge in [-0.1, -0.05) is 30.3 Å². The number of ether oxygens (including phenoxy) is 2. The predicted molar refractivity (Wildman–Crippen MR) is 69.7 cm³/mol. The maximum atomic E-state index is 12.2. The van der Waals surface area contributed by atoms with Gasteiger partial charge in [-0.3, -0.25) is 10.1 Å². The van der Waals surface area contributed by atoms with Crippen molar-refractivity contribution in [1.29, 1.82) is 0 Å². The highest BCUT2D eigenvalue weighted by atomic mass is 16.6. The molecule has 0 radical (unpaired) electrons. The smallest absolute Gasteiger partial charge is 0.414 e. The van der Waals surface area contributed by atoms with Crippen LogP contribution in [0.2, 0.25) is 0 Å². The Kier molecular flexibility index (Phi) is 3.65. The Morgan fingerprint density at radius 3 is 2.65 bits per heavy atom. The Balaban J connectivity index is 2.24. The van der Waals surface area contributed by atoms with E-state index in [1.165, 1.54) is 6.92 Å². The minimum absolute atomic E-state index is 0.170. The number of aliphatic hydroxyl groups is 1. The van der Waals surface area contributed by atoms with Crippen LogP contribution in [0.5, 0.6) is 0 Å². The standard InChI is InChI=1S/C14H15NO5/c1-3-19-13(18)15-12-10(16)11(17)14(2,20-12)9-7-5-4-6-8-9/h4-8,16H,3H2,1-2H3,(H,15,18). The van der Waals surface area contributed by atoms with Crippen LogP contribution in [0, 0.1) is 0 Å². The zero-order valence-corrected chi connectivity index (χ0v) is 11.2. The van der Waals surface area contributed by atoms with Gasteiger partial charge in [0.15, 0.2) is 5.60 Å². The molecule has 1 aliphatic rings. The van der Waals surface area contributed by atoms with Gasteiger partial charge in [-0.2, -0.15) is 0 Å². The number of alkyl carbamates (subject to hydrolysis) is 1. The molecule has 0 bridgehead atoms. The lowest BCUT2D eigenvalue weighted by molar-refractivity contribution is -0.131. The van der Waals surface area contributed by atoms with Crippen molar-refractivity contribution in [2.24, 2.45) is 0 Å². The second-order valence-electron chi connectivity index (χ2n) is 4.35. The summed E-state index contributed by atoms with van der Waals surface area (Å²) in [6, 6.07) is 8.73. The average Bonchev–Trinajstić information content (AvgIpc) is 2.66. The molecule has 0 aliphatic carbocycles. The Labute approximate surface area is 116 Å². The van der Waals surface area contributed by atoms with E-state index in [1.807, 2.05) is 0 Å². The van der Waals surface area contributed by atoms with E-state index in [0.717, 1.165) is 0 Å². The molecule has 106 valence electrons. The summed E-state index contributed by atoms with van der Waals surface area (Å²) in [5, 5.41) is 12.0. The lowest BCUT2D eigenvalue weighted by Gasteiger charge is -2.23. The Morgan fingerprint density at radius 2 is 2.05 bits per heavy atom. The molecule has 0 spiro atoms. The predicted octanol–water partition coefficient (Wildman–Crippen LogP) is 1.97. The Morgan fingerprint density at radius 1 is 1.40 bits per heavy atom. The summed E-state index contributed by atoms with van der Waals surface area (Å²) in [6.45, 7) is 3.34. The normalized spacial score (nSPS) is 21.6. The summed E-state index contributed by atoms with van der Waals surface area (Å²) < 4.78 is 10.1. The third-order valence-corrected chi connectivity index (χ3v) is 2.99. The van der Waals surface area contributed by atoms with Crippen LogP contribution in [0.1, 0.15) is 19.4 Å². The van der Waals surface area contributed by atoms with E-state index in [4.69, 9.17) is 4.74 Å². The van der Waals surface area contributed by atoms with Crippen molar-refractivity contribution in [3.8, 4) is 0 Å². The summed E-state index contributed by atoms with van der Waals surface area (Å²) in [7, 11) is 0. The first kappa shape index (κ1) is 13.9. The van der Waals surface area contributed by atoms with Crippen molar-refractivity contribution in [3.63, 3.8) is 0 Å². The highest BCUT2D eigenvalue weighted by Gasteiger charge is 2.48. The lowest BCUT2D eigenvalue weighted by atomic mass is 9.92. The van der Waals surface area contributed by atoms with E-state index in [2.05, 4.69) is 10.1 Å². The van der Waals surface area contributed by atoms with Gasteiger partial charge in [0, 0.05) is 5.56 Å². The number of benzene rings is 1. The third-order valence-electron chi connectivity index (χ3n) is 2.99. The number of hydrogen-bond acceptors (Lipinski definition) is 5. The lowest BCUT2D eigenvalue weighted by Crippen LogP contribution is -2.32. The van der Waals surface area contributed by atoms with Gasteiger partial charge in [-0.25, -0.2) is 4.79 Å². The molecule has 0 saturated heterocycles. The van der Waals surface area contributed by atoms with Crippen molar-refractivity contribution in [2.45, 2.75) is 19.4 Å². The molecule has 6 nitrogen and oxygen atoms in total. The number of rotatable bonds is 3. The fourth-order valence-corrected chi connectivity index (χ4v) is 1.92. The molecule has 20 heavy (non-hydrogen) atoms. The van der Waals surface area contributed by atoms with Gasteiger partial charge in [0.25, 0.3) is 5.78 Å². The summed E-state index contributed by atoms with van der Waals surface area (Å²) in [4.78, 5) is 23.5. The van der Waals surface area contributed by atoms with Gasteiger partial charge in [0.1, 0.15) is 0 Å². The van der Waals surface area contributed by atoms with Crippen LogP contribution in [0.15, 0.2) is 42.0 Å². The highest BCUT2D eigenvalue weighted by molar-refractivity contribution is 6.03. The summed E-state index contributed by atoms with van der Waals surface area (Å²) >= 11 is 0.